The van der Waals surface area contributed by atoms with Crippen molar-refractivity contribution in [2.45, 2.75) is 10.9 Å². The second-order valence-corrected chi connectivity index (χ2v) is 4.88. The quantitative estimate of drug-likeness (QED) is 0.575. The lowest BCUT2D eigenvalue weighted by Gasteiger charge is -2.14. The van der Waals surface area contributed by atoms with Gasteiger partial charge in [0.25, 0.3) is 0 Å². The maximum Gasteiger partial charge on any atom is 0.187 e. The Morgan fingerprint density at radius 3 is 1.44 bits per heavy atom. The van der Waals surface area contributed by atoms with E-state index < -0.39 is 33.0 Å². The van der Waals surface area contributed by atoms with E-state index in [9.17, 15) is 18.6 Å². The van der Waals surface area contributed by atoms with E-state index in [4.69, 9.17) is 9.11 Å². The Kier molecular flexibility index (Phi) is 4.71. The highest BCUT2D eigenvalue weighted by Gasteiger charge is 2.23. The number of benzene rings is 1. The molecule has 0 fully saturated rings. The smallest absolute Gasteiger partial charge is 0.187 e. The molecule has 0 saturated heterocycles. The molecule has 1 aromatic rings. The summed E-state index contributed by atoms with van der Waals surface area (Å²) in [6, 6.07) is 5.54. The summed E-state index contributed by atoms with van der Waals surface area (Å²) in [5.74, 6) is 0. The molecular formula is C8H10O6S2. The van der Waals surface area contributed by atoms with Crippen molar-refractivity contribution in [3.63, 3.8) is 0 Å². The van der Waals surface area contributed by atoms with Gasteiger partial charge in [0, 0.05) is 11.1 Å². The summed E-state index contributed by atoms with van der Waals surface area (Å²) in [7, 11) is 0. The van der Waals surface area contributed by atoms with Crippen LogP contribution in [0.3, 0.4) is 0 Å². The minimum absolute atomic E-state index is 0.0572. The zero-order valence-corrected chi connectivity index (χ0v) is 9.52. The van der Waals surface area contributed by atoms with Gasteiger partial charge in [0.05, 0.1) is 0 Å². The molecule has 0 amide bonds. The third kappa shape index (κ3) is 2.94. The van der Waals surface area contributed by atoms with Gasteiger partial charge in [0.2, 0.25) is 0 Å². The molecule has 90 valence electrons. The fourth-order valence-electron chi connectivity index (χ4n) is 1.18. The summed E-state index contributed by atoms with van der Waals surface area (Å²) in [4.78, 5) is 0. The minimum atomic E-state index is -2.54. The normalized spacial score (nSPS) is 18.8. The van der Waals surface area contributed by atoms with E-state index in [1.165, 1.54) is 24.3 Å². The highest BCUT2D eigenvalue weighted by atomic mass is 32.2. The third-order valence-electron chi connectivity index (χ3n) is 1.91. The van der Waals surface area contributed by atoms with E-state index >= 15 is 0 Å². The fourth-order valence-corrected chi connectivity index (χ4v) is 2.04. The molecule has 0 bridgehead atoms. The Balaban J connectivity index is 3.19. The summed E-state index contributed by atoms with van der Waals surface area (Å²) in [6.45, 7) is 0. The Morgan fingerprint density at radius 1 is 0.875 bits per heavy atom. The number of hydrogen-bond acceptors (Lipinski definition) is 4. The minimum Gasteiger partial charge on any atom is -0.373 e. The maximum absolute atomic E-state index is 10.7. The first-order chi connectivity index (χ1) is 7.45. The van der Waals surface area contributed by atoms with E-state index in [-0.39, 0.29) is 11.1 Å². The van der Waals surface area contributed by atoms with Crippen LogP contribution in [0.2, 0.25) is 0 Å². The van der Waals surface area contributed by atoms with Crippen LogP contribution in [0, 0.1) is 0 Å². The van der Waals surface area contributed by atoms with Gasteiger partial charge in [0.15, 0.2) is 33.0 Å². The Bertz CT molecular complexity index is 382. The van der Waals surface area contributed by atoms with Crippen molar-refractivity contribution < 1.29 is 27.7 Å². The second kappa shape index (κ2) is 5.62. The third-order valence-corrected chi connectivity index (χ3v) is 3.18. The summed E-state index contributed by atoms with van der Waals surface area (Å²) < 4.78 is 38.8. The zero-order valence-electron chi connectivity index (χ0n) is 7.89. The molecule has 1 aromatic carbocycles. The lowest BCUT2D eigenvalue weighted by molar-refractivity contribution is 0.230. The van der Waals surface area contributed by atoms with Crippen LogP contribution < -0.4 is 0 Å². The monoisotopic (exact) mass is 266 g/mol. The summed E-state index contributed by atoms with van der Waals surface area (Å²) in [6.07, 6.45) is 0. The molecule has 0 saturated carbocycles. The van der Waals surface area contributed by atoms with Crippen LogP contribution in [0.5, 0.6) is 0 Å². The van der Waals surface area contributed by atoms with Crippen LogP contribution in [-0.4, -0.2) is 27.7 Å². The van der Waals surface area contributed by atoms with Crippen molar-refractivity contribution in [1.29, 1.82) is 0 Å². The topological polar surface area (TPSA) is 115 Å². The average Bonchev–Trinajstić information content (AvgIpc) is 2.26. The van der Waals surface area contributed by atoms with Gasteiger partial charge in [-0.1, -0.05) is 24.3 Å². The SMILES string of the molecule is O=S(O)C(O)c1ccccc1C(O)S(=O)O. The first kappa shape index (κ1) is 13.4. The predicted octanol–water partition coefficient (Wildman–Crippen LogP) is 0.112. The van der Waals surface area contributed by atoms with Crippen molar-refractivity contribution >= 4 is 22.2 Å². The number of aliphatic hydroxyl groups excluding tert-OH is 2. The predicted molar refractivity (Wildman–Crippen MR) is 57.9 cm³/mol. The van der Waals surface area contributed by atoms with Crippen molar-refractivity contribution in [3.8, 4) is 0 Å². The molecule has 0 aliphatic carbocycles. The Morgan fingerprint density at radius 2 is 1.19 bits per heavy atom. The molecular weight excluding hydrogens is 256 g/mol. The molecule has 0 aliphatic heterocycles. The molecule has 0 radical (unpaired) electrons. The molecule has 4 N–H and O–H groups in total. The standard InChI is InChI=1S/C8H10O6S2/c9-7(15(11)12)5-3-1-2-4-6(5)8(10)16(13)14/h1-4,7-10H,(H,11,12)(H,13,14). The molecule has 6 nitrogen and oxygen atoms in total. The summed E-state index contributed by atoms with van der Waals surface area (Å²) in [5, 5.41) is 18.7. The van der Waals surface area contributed by atoms with E-state index in [0.29, 0.717) is 0 Å². The number of aliphatic hydroxyl groups is 2. The van der Waals surface area contributed by atoms with Gasteiger partial charge in [-0.25, -0.2) is 8.42 Å². The Labute approximate surface area is 96.5 Å². The van der Waals surface area contributed by atoms with E-state index in [1.54, 1.807) is 0 Å². The highest BCUT2D eigenvalue weighted by Crippen LogP contribution is 2.26. The molecule has 0 spiro atoms. The van der Waals surface area contributed by atoms with Gasteiger partial charge in [-0.3, -0.25) is 0 Å². The van der Waals surface area contributed by atoms with Gasteiger partial charge < -0.3 is 19.3 Å². The lowest BCUT2D eigenvalue weighted by Crippen LogP contribution is -2.12. The van der Waals surface area contributed by atoms with Crippen LogP contribution in [0.1, 0.15) is 22.0 Å². The molecule has 0 heterocycles. The van der Waals surface area contributed by atoms with Crippen LogP contribution in [0.25, 0.3) is 0 Å². The van der Waals surface area contributed by atoms with Gasteiger partial charge in [-0.15, -0.1) is 0 Å². The number of hydrogen-bond donors (Lipinski definition) is 4. The first-order valence-electron chi connectivity index (χ1n) is 4.09. The van der Waals surface area contributed by atoms with Crippen molar-refractivity contribution in [1.82, 2.24) is 0 Å². The largest absolute Gasteiger partial charge is 0.373 e. The molecule has 0 aliphatic rings. The molecule has 0 aromatic heterocycles. The second-order valence-electron chi connectivity index (χ2n) is 2.89. The van der Waals surface area contributed by atoms with Crippen molar-refractivity contribution in [2.24, 2.45) is 0 Å². The van der Waals surface area contributed by atoms with E-state index in [0.717, 1.165) is 0 Å². The average molecular weight is 266 g/mol. The van der Waals surface area contributed by atoms with Gasteiger partial charge in [-0.05, 0) is 0 Å². The summed E-state index contributed by atoms with van der Waals surface area (Å²) >= 11 is -5.07. The molecule has 1 rings (SSSR count). The zero-order chi connectivity index (χ0) is 12.3. The molecule has 8 heteroatoms. The van der Waals surface area contributed by atoms with Crippen LogP contribution in [-0.2, 0) is 22.2 Å². The molecule has 4 atom stereocenters. The highest BCUT2D eigenvalue weighted by molar-refractivity contribution is 7.79. The maximum atomic E-state index is 10.7. The molecule has 4 unspecified atom stereocenters. The van der Waals surface area contributed by atoms with Crippen molar-refractivity contribution in [3.05, 3.63) is 35.4 Å². The van der Waals surface area contributed by atoms with Crippen LogP contribution >= 0.6 is 0 Å². The fraction of sp³-hybridized carbons (Fsp3) is 0.250. The van der Waals surface area contributed by atoms with Crippen molar-refractivity contribution in [2.75, 3.05) is 0 Å². The van der Waals surface area contributed by atoms with Crippen LogP contribution in [0.15, 0.2) is 24.3 Å². The van der Waals surface area contributed by atoms with E-state index in [2.05, 4.69) is 0 Å². The summed E-state index contributed by atoms with van der Waals surface area (Å²) in [5.41, 5.74) is -3.57. The first-order valence-corrected chi connectivity index (χ1v) is 6.43. The molecule has 16 heavy (non-hydrogen) atoms. The van der Waals surface area contributed by atoms with Crippen LogP contribution in [0.4, 0.5) is 0 Å². The lowest BCUT2D eigenvalue weighted by atomic mass is 10.1. The Hall–Kier alpha value is -0.640. The van der Waals surface area contributed by atoms with E-state index in [1.807, 2.05) is 0 Å². The van der Waals surface area contributed by atoms with Gasteiger partial charge in [0.1, 0.15) is 0 Å². The van der Waals surface area contributed by atoms with Gasteiger partial charge >= 0.3 is 0 Å². The number of rotatable bonds is 4. The van der Waals surface area contributed by atoms with Gasteiger partial charge in [-0.2, -0.15) is 0 Å².